The fourth-order valence-corrected chi connectivity index (χ4v) is 1.74. The Morgan fingerprint density at radius 2 is 2.11 bits per heavy atom. The summed E-state index contributed by atoms with van der Waals surface area (Å²) in [6.07, 6.45) is -2.82. The smallest absolute Gasteiger partial charge is 0.405 e. The number of alkyl halides is 3. The van der Waals surface area contributed by atoms with E-state index in [4.69, 9.17) is 10.5 Å². The standard InChI is InChI=1S/C11H14F3N3O/c1-18-9-5-4-8(15)10(16-9)17(7-2-3-7)6-11(12,13)14/h4-5,7H,2-3,6,15H2,1H3. The SMILES string of the molecule is COc1ccc(N)c(N(CC(F)(F)F)C2CC2)n1. The molecule has 2 rings (SSSR count). The van der Waals surface area contributed by atoms with Crippen LogP contribution in [0.15, 0.2) is 12.1 Å². The van der Waals surface area contributed by atoms with Crippen LogP contribution in [0.4, 0.5) is 24.7 Å². The zero-order chi connectivity index (χ0) is 13.3. The third-order valence-electron chi connectivity index (χ3n) is 2.70. The molecular weight excluding hydrogens is 247 g/mol. The summed E-state index contributed by atoms with van der Waals surface area (Å²) in [7, 11) is 1.41. The number of nitrogens with zero attached hydrogens (tertiary/aromatic N) is 2. The zero-order valence-electron chi connectivity index (χ0n) is 9.87. The number of aromatic nitrogens is 1. The summed E-state index contributed by atoms with van der Waals surface area (Å²) < 4.78 is 42.6. The van der Waals surface area contributed by atoms with Crippen LogP contribution < -0.4 is 15.4 Å². The van der Waals surface area contributed by atoms with Gasteiger partial charge in [-0.05, 0) is 18.9 Å². The van der Waals surface area contributed by atoms with Crippen LogP contribution in [0.3, 0.4) is 0 Å². The number of rotatable bonds is 4. The van der Waals surface area contributed by atoms with Crippen molar-refractivity contribution in [1.82, 2.24) is 4.98 Å². The van der Waals surface area contributed by atoms with E-state index in [2.05, 4.69) is 4.98 Å². The molecule has 0 aliphatic heterocycles. The van der Waals surface area contributed by atoms with Crippen LogP contribution in [0.5, 0.6) is 5.88 Å². The molecule has 1 saturated carbocycles. The first-order valence-electron chi connectivity index (χ1n) is 5.54. The number of hydrogen-bond acceptors (Lipinski definition) is 4. The van der Waals surface area contributed by atoms with Crippen LogP contribution in [0.25, 0.3) is 0 Å². The number of nitrogen functional groups attached to an aromatic ring is 1. The van der Waals surface area contributed by atoms with E-state index in [-0.39, 0.29) is 23.4 Å². The van der Waals surface area contributed by atoms with Gasteiger partial charge in [-0.15, -0.1) is 0 Å². The minimum absolute atomic E-state index is 0.131. The van der Waals surface area contributed by atoms with Crippen LogP contribution in [0.1, 0.15) is 12.8 Å². The number of ether oxygens (including phenoxy) is 1. The van der Waals surface area contributed by atoms with Crippen molar-refractivity contribution < 1.29 is 17.9 Å². The maximum atomic E-state index is 12.6. The van der Waals surface area contributed by atoms with Crippen molar-refractivity contribution in [2.45, 2.75) is 25.1 Å². The normalized spacial score (nSPS) is 15.6. The molecule has 0 amide bonds. The molecule has 1 aliphatic rings. The Bertz CT molecular complexity index is 432. The molecular formula is C11H14F3N3O. The molecule has 0 aromatic carbocycles. The molecule has 1 aliphatic carbocycles. The van der Waals surface area contributed by atoms with E-state index in [0.717, 1.165) is 12.8 Å². The fourth-order valence-electron chi connectivity index (χ4n) is 1.74. The zero-order valence-corrected chi connectivity index (χ0v) is 9.87. The van der Waals surface area contributed by atoms with Gasteiger partial charge >= 0.3 is 6.18 Å². The van der Waals surface area contributed by atoms with Gasteiger partial charge in [0.1, 0.15) is 6.54 Å². The van der Waals surface area contributed by atoms with Crippen molar-refractivity contribution in [3.05, 3.63) is 12.1 Å². The lowest BCUT2D eigenvalue weighted by atomic mass is 10.3. The summed E-state index contributed by atoms with van der Waals surface area (Å²) in [5.41, 5.74) is 5.93. The first-order chi connectivity index (χ1) is 8.40. The average molecular weight is 261 g/mol. The van der Waals surface area contributed by atoms with E-state index < -0.39 is 12.7 Å². The molecule has 1 fully saturated rings. The highest BCUT2D eigenvalue weighted by Gasteiger charge is 2.39. The number of halogens is 3. The summed E-state index contributed by atoms with van der Waals surface area (Å²) in [4.78, 5) is 5.22. The summed E-state index contributed by atoms with van der Waals surface area (Å²) in [6, 6.07) is 2.90. The molecule has 0 unspecified atom stereocenters. The molecule has 7 heteroatoms. The Hall–Kier alpha value is -1.66. The summed E-state index contributed by atoms with van der Waals surface area (Å²) in [5, 5.41) is 0. The summed E-state index contributed by atoms with van der Waals surface area (Å²) in [6.45, 7) is -1.04. The Morgan fingerprint density at radius 3 is 2.61 bits per heavy atom. The molecule has 1 aromatic heterocycles. The van der Waals surface area contributed by atoms with E-state index in [0.29, 0.717) is 0 Å². The van der Waals surface area contributed by atoms with Crippen molar-refractivity contribution >= 4 is 11.5 Å². The van der Waals surface area contributed by atoms with E-state index in [9.17, 15) is 13.2 Å². The van der Waals surface area contributed by atoms with Gasteiger partial charge in [0, 0.05) is 12.1 Å². The quantitative estimate of drug-likeness (QED) is 0.902. The van der Waals surface area contributed by atoms with Crippen molar-refractivity contribution in [1.29, 1.82) is 0 Å². The minimum atomic E-state index is -4.28. The molecule has 0 radical (unpaired) electrons. The van der Waals surface area contributed by atoms with Crippen LogP contribution >= 0.6 is 0 Å². The molecule has 1 aromatic rings. The predicted octanol–water partition coefficient (Wildman–Crippen LogP) is 2.20. The average Bonchev–Trinajstić information content (AvgIpc) is 3.09. The monoisotopic (exact) mass is 261 g/mol. The Labute approximate surface area is 103 Å². The second-order valence-electron chi connectivity index (χ2n) is 4.24. The van der Waals surface area contributed by atoms with Crippen molar-refractivity contribution in [2.75, 3.05) is 24.3 Å². The van der Waals surface area contributed by atoms with E-state index in [1.165, 1.54) is 24.1 Å². The maximum absolute atomic E-state index is 12.6. The van der Waals surface area contributed by atoms with Gasteiger partial charge < -0.3 is 15.4 Å². The Balaban J connectivity index is 2.30. The van der Waals surface area contributed by atoms with Crippen LogP contribution in [-0.2, 0) is 0 Å². The van der Waals surface area contributed by atoms with Gasteiger partial charge in [0.15, 0.2) is 5.82 Å². The fraction of sp³-hybridized carbons (Fsp3) is 0.545. The second kappa shape index (κ2) is 4.55. The molecule has 1 heterocycles. The Morgan fingerprint density at radius 1 is 1.44 bits per heavy atom. The summed E-state index contributed by atoms with van der Waals surface area (Å²) in [5.74, 6) is 0.404. The molecule has 4 nitrogen and oxygen atoms in total. The highest BCUT2D eigenvalue weighted by molar-refractivity contribution is 5.64. The van der Waals surface area contributed by atoms with Crippen LogP contribution in [0, 0.1) is 0 Å². The third kappa shape index (κ3) is 2.96. The molecule has 100 valence electrons. The van der Waals surface area contributed by atoms with Gasteiger partial charge in [-0.25, -0.2) is 0 Å². The first kappa shape index (κ1) is 12.8. The number of anilines is 2. The summed E-state index contributed by atoms with van der Waals surface area (Å²) >= 11 is 0. The van der Waals surface area contributed by atoms with Gasteiger partial charge in [-0.3, -0.25) is 0 Å². The van der Waals surface area contributed by atoms with Crippen molar-refractivity contribution in [3.8, 4) is 5.88 Å². The highest BCUT2D eigenvalue weighted by atomic mass is 19.4. The van der Waals surface area contributed by atoms with Gasteiger partial charge in [0.05, 0.1) is 12.8 Å². The first-order valence-corrected chi connectivity index (χ1v) is 5.54. The van der Waals surface area contributed by atoms with Gasteiger partial charge in [0.2, 0.25) is 5.88 Å². The lowest BCUT2D eigenvalue weighted by molar-refractivity contribution is -0.120. The number of pyridine rings is 1. The molecule has 0 bridgehead atoms. The molecule has 0 spiro atoms. The van der Waals surface area contributed by atoms with E-state index in [1.54, 1.807) is 0 Å². The van der Waals surface area contributed by atoms with E-state index >= 15 is 0 Å². The molecule has 18 heavy (non-hydrogen) atoms. The van der Waals surface area contributed by atoms with Crippen LogP contribution in [-0.4, -0.2) is 30.9 Å². The largest absolute Gasteiger partial charge is 0.481 e. The predicted molar refractivity (Wildman–Crippen MR) is 61.6 cm³/mol. The lowest BCUT2D eigenvalue weighted by Crippen LogP contribution is -2.37. The maximum Gasteiger partial charge on any atom is 0.405 e. The van der Waals surface area contributed by atoms with Gasteiger partial charge in [0.25, 0.3) is 0 Å². The Kier molecular flexibility index (Phi) is 3.23. The topological polar surface area (TPSA) is 51.4 Å². The van der Waals surface area contributed by atoms with Crippen molar-refractivity contribution in [3.63, 3.8) is 0 Å². The lowest BCUT2D eigenvalue weighted by Gasteiger charge is -2.26. The number of methoxy groups -OCH3 is 1. The highest BCUT2D eigenvalue weighted by Crippen LogP contribution is 2.36. The molecule has 2 N–H and O–H groups in total. The number of hydrogen-bond donors (Lipinski definition) is 1. The second-order valence-corrected chi connectivity index (χ2v) is 4.24. The van der Waals surface area contributed by atoms with Crippen molar-refractivity contribution in [2.24, 2.45) is 0 Å². The van der Waals surface area contributed by atoms with Crippen LogP contribution in [0.2, 0.25) is 0 Å². The molecule has 0 saturated heterocycles. The third-order valence-corrected chi connectivity index (χ3v) is 2.70. The van der Waals surface area contributed by atoms with Gasteiger partial charge in [-0.2, -0.15) is 18.2 Å². The van der Waals surface area contributed by atoms with E-state index in [1.807, 2.05) is 0 Å². The number of nitrogens with two attached hydrogens (primary N) is 1. The minimum Gasteiger partial charge on any atom is -0.481 e. The van der Waals surface area contributed by atoms with Gasteiger partial charge in [-0.1, -0.05) is 0 Å². The molecule has 0 atom stereocenters.